The lowest BCUT2D eigenvalue weighted by Gasteiger charge is -2.08. The lowest BCUT2D eigenvalue weighted by Crippen LogP contribution is -2.17. The Labute approximate surface area is 113 Å². The Kier molecular flexibility index (Phi) is 7.43. The van der Waals surface area contributed by atoms with Gasteiger partial charge in [0.05, 0.1) is 13.2 Å². The van der Waals surface area contributed by atoms with Crippen LogP contribution in [0.1, 0.15) is 13.8 Å². The first-order valence-electron chi connectivity index (χ1n) is 6.35. The number of hydrogen-bond donors (Lipinski definition) is 0. The summed E-state index contributed by atoms with van der Waals surface area (Å²) in [5, 5.41) is 0. The van der Waals surface area contributed by atoms with Crippen LogP contribution in [0.2, 0.25) is 0 Å². The van der Waals surface area contributed by atoms with Crippen molar-refractivity contribution in [3.8, 4) is 11.5 Å². The van der Waals surface area contributed by atoms with Gasteiger partial charge in [0.1, 0.15) is 18.1 Å². The summed E-state index contributed by atoms with van der Waals surface area (Å²) in [6.07, 6.45) is 0. The highest BCUT2D eigenvalue weighted by molar-refractivity contribution is 5.71. The van der Waals surface area contributed by atoms with E-state index in [4.69, 9.17) is 18.9 Å². The van der Waals surface area contributed by atoms with E-state index in [1.807, 2.05) is 13.8 Å². The van der Waals surface area contributed by atoms with Crippen LogP contribution in [0.4, 0.5) is 0 Å². The Bertz CT molecular complexity index is 361. The molecule has 0 aromatic heterocycles. The molecule has 5 heteroatoms. The monoisotopic (exact) mass is 268 g/mol. The minimum atomic E-state index is -0.409. The van der Waals surface area contributed by atoms with E-state index >= 15 is 0 Å². The SMILES string of the molecule is CCOCCOC(=O)COc1ccc(OCC)cc1. The first kappa shape index (κ1) is 15.3. The molecule has 1 rings (SSSR count). The van der Waals surface area contributed by atoms with Crippen LogP contribution >= 0.6 is 0 Å². The molecule has 0 atom stereocenters. The Hall–Kier alpha value is -1.75. The van der Waals surface area contributed by atoms with Crippen molar-refractivity contribution >= 4 is 5.97 Å². The van der Waals surface area contributed by atoms with E-state index in [9.17, 15) is 4.79 Å². The van der Waals surface area contributed by atoms with Crippen molar-refractivity contribution < 1.29 is 23.7 Å². The first-order valence-corrected chi connectivity index (χ1v) is 6.35. The molecule has 0 bridgehead atoms. The molecular weight excluding hydrogens is 248 g/mol. The van der Waals surface area contributed by atoms with E-state index in [2.05, 4.69) is 0 Å². The lowest BCUT2D eigenvalue weighted by atomic mass is 10.3. The van der Waals surface area contributed by atoms with Crippen LogP contribution < -0.4 is 9.47 Å². The van der Waals surface area contributed by atoms with Crippen molar-refractivity contribution in [3.05, 3.63) is 24.3 Å². The zero-order valence-corrected chi connectivity index (χ0v) is 11.4. The van der Waals surface area contributed by atoms with Crippen molar-refractivity contribution in [1.29, 1.82) is 0 Å². The predicted octanol–water partition coefficient (Wildman–Crippen LogP) is 2.04. The fraction of sp³-hybridized carbons (Fsp3) is 0.500. The van der Waals surface area contributed by atoms with Gasteiger partial charge in [0.25, 0.3) is 0 Å². The number of carbonyl (C=O) groups excluding carboxylic acids is 1. The first-order chi connectivity index (χ1) is 9.26. The van der Waals surface area contributed by atoms with Gasteiger partial charge in [-0.1, -0.05) is 0 Å². The van der Waals surface area contributed by atoms with Gasteiger partial charge in [0.2, 0.25) is 0 Å². The van der Waals surface area contributed by atoms with Crippen LogP contribution in [0.3, 0.4) is 0 Å². The summed E-state index contributed by atoms with van der Waals surface area (Å²) in [6, 6.07) is 7.08. The summed E-state index contributed by atoms with van der Waals surface area (Å²) in [4.78, 5) is 11.3. The van der Waals surface area contributed by atoms with Crippen molar-refractivity contribution in [3.63, 3.8) is 0 Å². The molecule has 0 unspecified atom stereocenters. The number of benzene rings is 1. The lowest BCUT2D eigenvalue weighted by molar-refractivity contribution is -0.147. The summed E-state index contributed by atoms with van der Waals surface area (Å²) in [5.41, 5.74) is 0. The summed E-state index contributed by atoms with van der Waals surface area (Å²) in [5.74, 6) is 0.966. The molecule has 0 amide bonds. The van der Waals surface area contributed by atoms with Crippen molar-refractivity contribution in [2.24, 2.45) is 0 Å². The summed E-state index contributed by atoms with van der Waals surface area (Å²) < 4.78 is 20.6. The molecule has 19 heavy (non-hydrogen) atoms. The summed E-state index contributed by atoms with van der Waals surface area (Å²) in [7, 11) is 0. The van der Waals surface area contributed by atoms with Crippen LogP contribution in [-0.2, 0) is 14.3 Å². The van der Waals surface area contributed by atoms with Gasteiger partial charge in [-0.2, -0.15) is 0 Å². The number of hydrogen-bond acceptors (Lipinski definition) is 5. The van der Waals surface area contributed by atoms with Crippen LogP contribution in [-0.4, -0.2) is 39.0 Å². The van der Waals surface area contributed by atoms with Crippen LogP contribution in [0.5, 0.6) is 11.5 Å². The van der Waals surface area contributed by atoms with Crippen LogP contribution in [0, 0.1) is 0 Å². The fourth-order valence-corrected chi connectivity index (χ4v) is 1.34. The largest absolute Gasteiger partial charge is 0.494 e. The molecule has 5 nitrogen and oxygen atoms in total. The Morgan fingerprint density at radius 2 is 1.58 bits per heavy atom. The van der Waals surface area contributed by atoms with E-state index in [0.717, 1.165) is 5.75 Å². The van der Waals surface area contributed by atoms with E-state index in [0.29, 0.717) is 25.6 Å². The molecule has 0 aliphatic rings. The minimum absolute atomic E-state index is 0.111. The van der Waals surface area contributed by atoms with E-state index < -0.39 is 5.97 Å². The molecule has 0 saturated heterocycles. The average Bonchev–Trinajstić information content (AvgIpc) is 2.43. The predicted molar refractivity (Wildman–Crippen MR) is 70.6 cm³/mol. The summed E-state index contributed by atoms with van der Waals surface area (Å²) >= 11 is 0. The molecule has 0 radical (unpaired) electrons. The molecule has 1 aromatic carbocycles. The van der Waals surface area contributed by atoms with Gasteiger partial charge in [-0.25, -0.2) is 4.79 Å². The molecule has 0 N–H and O–H groups in total. The maximum Gasteiger partial charge on any atom is 0.344 e. The Morgan fingerprint density at radius 3 is 2.16 bits per heavy atom. The van der Waals surface area contributed by atoms with Gasteiger partial charge < -0.3 is 18.9 Å². The third kappa shape index (κ3) is 6.67. The molecule has 1 aromatic rings. The number of esters is 1. The molecule has 0 saturated carbocycles. The molecule has 0 aliphatic heterocycles. The van der Waals surface area contributed by atoms with Gasteiger partial charge in [0.15, 0.2) is 6.61 Å². The molecule has 106 valence electrons. The quantitative estimate of drug-likeness (QED) is 0.507. The van der Waals surface area contributed by atoms with Crippen LogP contribution in [0.15, 0.2) is 24.3 Å². The van der Waals surface area contributed by atoms with Crippen LogP contribution in [0.25, 0.3) is 0 Å². The van der Waals surface area contributed by atoms with Crippen molar-refractivity contribution in [2.75, 3.05) is 33.0 Å². The average molecular weight is 268 g/mol. The van der Waals surface area contributed by atoms with Gasteiger partial charge in [-0.3, -0.25) is 0 Å². The normalized spacial score (nSPS) is 10.0. The van der Waals surface area contributed by atoms with Gasteiger partial charge in [-0.05, 0) is 38.1 Å². The zero-order valence-electron chi connectivity index (χ0n) is 11.4. The Balaban J connectivity index is 2.22. The topological polar surface area (TPSA) is 54.0 Å². The molecule has 0 fully saturated rings. The highest BCUT2D eigenvalue weighted by Gasteiger charge is 2.04. The van der Waals surface area contributed by atoms with Gasteiger partial charge >= 0.3 is 5.97 Å². The molecule has 0 heterocycles. The third-order valence-electron chi connectivity index (χ3n) is 2.19. The van der Waals surface area contributed by atoms with Gasteiger partial charge in [0, 0.05) is 6.61 Å². The second-order valence-corrected chi connectivity index (χ2v) is 3.61. The molecular formula is C14H20O5. The number of carbonyl (C=O) groups is 1. The van der Waals surface area contributed by atoms with Crippen molar-refractivity contribution in [1.82, 2.24) is 0 Å². The van der Waals surface area contributed by atoms with E-state index in [1.54, 1.807) is 24.3 Å². The highest BCUT2D eigenvalue weighted by atomic mass is 16.6. The number of ether oxygens (including phenoxy) is 4. The fourth-order valence-electron chi connectivity index (χ4n) is 1.34. The maximum absolute atomic E-state index is 11.3. The van der Waals surface area contributed by atoms with E-state index in [-0.39, 0.29) is 13.2 Å². The molecule has 0 spiro atoms. The maximum atomic E-state index is 11.3. The van der Waals surface area contributed by atoms with Gasteiger partial charge in [-0.15, -0.1) is 0 Å². The zero-order chi connectivity index (χ0) is 13.9. The van der Waals surface area contributed by atoms with E-state index in [1.165, 1.54) is 0 Å². The number of rotatable bonds is 9. The molecule has 0 aliphatic carbocycles. The Morgan fingerprint density at radius 1 is 0.947 bits per heavy atom. The smallest absolute Gasteiger partial charge is 0.344 e. The third-order valence-corrected chi connectivity index (χ3v) is 2.19. The van der Waals surface area contributed by atoms with Crippen molar-refractivity contribution in [2.45, 2.75) is 13.8 Å². The summed E-state index contributed by atoms with van der Waals surface area (Å²) in [6.45, 7) is 5.58. The minimum Gasteiger partial charge on any atom is -0.494 e. The second-order valence-electron chi connectivity index (χ2n) is 3.61. The highest BCUT2D eigenvalue weighted by Crippen LogP contribution is 2.17. The standard InChI is InChI=1S/C14H20O5/c1-3-16-9-10-18-14(15)11-19-13-7-5-12(6-8-13)17-4-2/h5-8H,3-4,9-11H2,1-2H3. The second kappa shape index (κ2) is 9.22.